The third-order valence-electron chi connectivity index (χ3n) is 8.25. The molecule has 1 saturated heterocycles. The number of nitrogens with one attached hydrogen (secondary N) is 2. The van der Waals surface area contributed by atoms with Gasteiger partial charge < -0.3 is 15.0 Å². The first-order chi connectivity index (χ1) is 21.0. The van der Waals surface area contributed by atoms with Crippen LogP contribution in [0.25, 0.3) is 10.9 Å². The Morgan fingerprint density at radius 1 is 0.977 bits per heavy atom. The number of anilines is 1. The number of ether oxygens (including phenoxy) is 1. The second-order valence-electron chi connectivity index (χ2n) is 10.6. The Balaban J connectivity index is 1.29. The quantitative estimate of drug-likeness (QED) is 0.229. The molecule has 214 valence electrons. The van der Waals surface area contributed by atoms with E-state index in [0.717, 1.165) is 38.2 Å². The van der Waals surface area contributed by atoms with Crippen LogP contribution in [0.1, 0.15) is 38.8 Å². The minimum atomic E-state index is -0.755. The van der Waals surface area contributed by atoms with Crippen LogP contribution in [0.3, 0.4) is 0 Å². The summed E-state index contributed by atoms with van der Waals surface area (Å²) in [5.41, 5.74) is 4.83. The maximum Gasteiger partial charge on any atom is 0.332 e. The molecule has 9 heteroatoms. The molecule has 1 aromatic heterocycles. The zero-order chi connectivity index (χ0) is 29.7. The molecule has 2 atom stereocenters. The Bertz CT molecular complexity index is 1920. The summed E-state index contributed by atoms with van der Waals surface area (Å²) in [7, 11) is 1.59. The molecule has 0 saturated carbocycles. The van der Waals surface area contributed by atoms with Crippen LogP contribution in [-0.2, 0) is 17.8 Å². The molecule has 43 heavy (non-hydrogen) atoms. The van der Waals surface area contributed by atoms with E-state index in [1.165, 1.54) is 0 Å². The van der Waals surface area contributed by atoms with Gasteiger partial charge in [0.05, 0.1) is 18.4 Å². The normalized spacial score (nSPS) is 17.6. The largest absolute Gasteiger partial charge is 0.497 e. The molecule has 2 N–H and O–H groups in total. The van der Waals surface area contributed by atoms with Gasteiger partial charge in [-0.25, -0.2) is 9.69 Å². The van der Waals surface area contributed by atoms with E-state index < -0.39 is 24.0 Å². The number of hydrogen-bond acceptors (Lipinski definition) is 4. The maximum atomic E-state index is 14.3. The smallest absolute Gasteiger partial charge is 0.332 e. The number of amides is 4. The van der Waals surface area contributed by atoms with Crippen LogP contribution >= 0.6 is 11.6 Å². The third-order valence-corrected chi connectivity index (χ3v) is 8.61. The Morgan fingerprint density at radius 3 is 2.58 bits per heavy atom. The van der Waals surface area contributed by atoms with Gasteiger partial charge >= 0.3 is 6.03 Å². The monoisotopic (exact) mass is 590 g/mol. The van der Waals surface area contributed by atoms with E-state index in [2.05, 4.69) is 10.3 Å². The highest BCUT2D eigenvalue weighted by Crippen LogP contribution is 2.45. The maximum absolute atomic E-state index is 14.3. The number of carbonyl (C=O) groups is 3. The van der Waals surface area contributed by atoms with Crippen molar-refractivity contribution >= 4 is 46.0 Å². The number of hydrogen-bond donors (Lipinski definition) is 2. The first-order valence-corrected chi connectivity index (χ1v) is 14.3. The van der Waals surface area contributed by atoms with Crippen molar-refractivity contribution in [1.29, 1.82) is 0 Å². The molecule has 0 bridgehead atoms. The number of aromatic nitrogens is 1. The second kappa shape index (κ2) is 10.6. The number of rotatable bonds is 6. The lowest BCUT2D eigenvalue weighted by Gasteiger charge is -2.36. The van der Waals surface area contributed by atoms with Gasteiger partial charge in [0.1, 0.15) is 17.8 Å². The van der Waals surface area contributed by atoms with Crippen LogP contribution in [0, 0.1) is 0 Å². The van der Waals surface area contributed by atoms with Crippen molar-refractivity contribution in [1.82, 2.24) is 15.2 Å². The Kier molecular flexibility index (Phi) is 6.63. The van der Waals surface area contributed by atoms with Crippen LogP contribution in [0.2, 0.25) is 5.02 Å². The minimum Gasteiger partial charge on any atom is -0.497 e. The SMILES string of the molecule is COc1cccc([C@H]2c3[nH]c4ccccc4c3C[C@H]3C(=O)N(c4ccccc4C(=O)NCc4ccccc4Cl)C(=O)N23)c1. The highest BCUT2D eigenvalue weighted by Gasteiger charge is 2.53. The summed E-state index contributed by atoms with van der Waals surface area (Å²) in [6.45, 7) is 0.198. The number of urea groups is 1. The highest BCUT2D eigenvalue weighted by atomic mass is 35.5. The fourth-order valence-electron chi connectivity index (χ4n) is 6.23. The van der Waals surface area contributed by atoms with Crippen molar-refractivity contribution in [2.24, 2.45) is 0 Å². The van der Waals surface area contributed by atoms with Crippen LogP contribution in [-0.4, -0.2) is 40.9 Å². The Labute approximate surface area is 252 Å². The van der Waals surface area contributed by atoms with Gasteiger partial charge in [-0.2, -0.15) is 0 Å². The highest BCUT2D eigenvalue weighted by molar-refractivity contribution is 6.31. The molecule has 2 aliphatic rings. The fourth-order valence-corrected chi connectivity index (χ4v) is 6.43. The van der Waals surface area contributed by atoms with Gasteiger partial charge in [-0.1, -0.05) is 72.3 Å². The number of nitrogens with zero attached hydrogens (tertiary/aromatic N) is 2. The van der Waals surface area contributed by atoms with Gasteiger partial charge in [0.25, 0.3) is 11.8 Å². The van der Waals surface area contributed by atoms with Crippen LogP contribution in [0.4, 0.5) is 10.5 Å². The lowest BCUT2D eigenvalue weighted by Crippen LogP contribution is -2.44. The first kappa shape index (κ1) is 26.8. The Hall–Kier alpha value is -5.08. The second-order valence-corrected chi connectivity index (χ2v) is 11.0. The molecule has 8 nitrogen and oxygen atoms in total. The van der Waals surface area contributed by atoms with Gasteiger partial charge in [-0.05, 0) is 53.1 Å². The van der Waals surface area contributed by atoms with Crippen molar-refractivity contribution in [2.45, 2.75) is 25.0 Å². The summed E-state index contributed by atoms with van der Waals surface area (Å²) < 4.78 is 5.50. The zero-order valence-corrected chi connectivity index (χ0v) is 24.0. The molecule has 2 aliphatic heterocycles. The molecule has 1 fully saturated rings. The molecular weight excluding hydrogens is 564 g/mol. The van der Waals surface area contributed by atoms with E-state index in [1.807, 2.05) is 66.7 Å². The van der Waals surface area contributed by atoms with Crippen molar-refractivity contribution < 1.29 is 19.1 Å². The number of benzene rings is 4. The summed E-state index contributed by atoms with van der Waals surface area (Å²) in [4.78, 5) is 48.3. The number of carbonyl (C=O) groups excluding carboxylic acids is 3. The molecule has 7 rings (SSSR count). The predicted molar refractivity (Wildman–Crippen MR) is 164 cm³/mol. The molecule has 4 amide bonds. The summed E-state index contributed by atoms with van der Waals surface area (Å²) in [5, 5.41) is 4.44. The van der Waals surface area contributed by atoms with E-state index in [4.69, 9.17) is 16.3 Å². The standard InChI is InChI=1S/C34H27ClN4O4/c1-43-22-11-8-10-20(17-22)31-30-25(23-12-3-6-15-27(23)37-30)18-29-33(41)39(34(42)38(29)31)28-16-7-4-13-24(28)32(40)36-19-21-9-2-5-14-26(21)35/h2-17,29,31,37H,18-19H2,1H3,(H,36,40)/t29-,31-/m0/s1. The van der Waals surface area contributed by atoms with Crippen LogP contribution < -0.4 is 15.0 Å². The number of imide groups is 1. The first-order valence-electron chi connectivity index (χ1n) is 14.0. The summed E-state index contributed by atoms with van der Waals surface area (Å²) in [6, 6.07) is 27.6. The minimum absolute atomic E-state index is 0.198. The average Bonchev–Trinajstić information content (AvgIpc) is 3.53. The van der Waals surface area contributed by atoms with Gasteiger partial charge in [0.2, 0.25) is 0 Å². The molecule has 0 unspecified atom stereocenters. The summed E-state index contributed by atoms with van der Waals surface area (Å²) in [6.07, 6.45) is 0.349. The average molecular weight is 591 g/mol. The lowest BCUT2D eigenvalue weighted by molar-refractivity contribution is -0.120. The Morgan fingerprint density at radius 2 is 1.74 bits per heavy atom. The van der Waals surface area contributed by atoms with E-state index >= 15 is 0 Å². The molecule has 0 aliphatic carbocycles. The van der Waals surface area contributed by atoms with Crippen molar-refractivity contribution in [3.8, 4) is 5.75 Å². The molecule has 0 spiro atoms. The fraction of sp³-hybridized carbons (Fsp3) is 0.147. The molecule has 3 heterocycles. The number of H-pyrrole nitrogens is 1. The number of methoxy groups -OCH3 is 1. The van der Waals surface area contributed by atoms with E-state index in [0.29, 0.717) is 17.2 Å². The van der Waals surface area contributed by atoms with Gasteiger partial charge in [-0.3, -0.25) is 14.5 Å². The molecule has 5 aromatic rings. The zero-order valence-electron chi connectivity index (χ0n) is 23.2. The number of aromatic amines is 1. The van der Waals surface area contributed by atoms with Gasteiger partial charge in [0.15, 0.2) is 0 Å². The summed E-state index contributed by atoms with van der Waals surface area (Å²) >= 11 is 6.28. The molecular formula is C34H27ClN4O4. The van der Waals surface area contributed by atoms with Crippen molar-refractivity contribution in [3.63, 3.8) is 0 Å². The number of fused-ring (bicyclic) bond motifs is 4. The van der Waals surface area contributed by atoms with Crippen LogP contribution in [0.5, 0.6) is 5.75 Å². The predicted octanol–water partition coefficient (Wildman–Crippen LogP) is 6.24. The van der Waals surface area contributed by atoms with Gasteiger partial charge in [-0.15, -0.1) is 0 Å². The van der Waals surface area contributed by atoms with Crippen molar-refractivity contribution in [3.05, 3.63) is 130 Å². The number of halogens is 1. The lowest BCUT2D eigenvalue weighted by atomic mass is 9.89. The molecule has 4 aromatic carbocycles. The molecule has 0 radical (unpaired) electrons. The topological polar surface area (TPSA) is 94.7 Å². The van der Waals surface area contributed by atoms with E-state index in [9.17, 15) is 14.4 Å². The third kappa shape index (κ3) is 4.42. The summed E-state index contributed by atoms with van der Waals surface area (Å²) in [5.74, 6) is -0.144. The van der Waals surface area contributed by atoms with E-state index in [1.54, 1.807) is 42.3 Å². The van der Waals surface area contributed by atoms with Crippen molar-refractivity contribution in [2.75, 3.05) is 12.0 Å². The van der Waals surface area contributed by atoms with Crippen LogP contribution in [0.15, 0.2) is 97.1 Å². The van der Waals surface area contributed by atoms with Gasteiger partial charge in [0, 0.05) is 34.6 Å². The number of para-hydroxylation sites is 2. The van der Waals surface area contributed by atoms with E-state index in [-0.39, 0.29) is 23.7 Å².